The highest BCUT2D eigenvalue weighted by atomic mass is 35.5. The van der Waals surface area contributed by atoms with Gasteiger partial charge in [-0.1, -0.05) is 41.9 Å². The van der Waals surface area contributed by atoms with Crippen molar-refractivity contribution in [1.29, 1.82) is 5.26 Å². The van der Waals surface area contributed by atoms with Crippen molar-refractivity contribution >= 4 is 45.2 Å². The Hall–Kier alpha value is -4.29. The first kappa shape index (κ1) is 31.0. The normalized spacial score (nSPS) is 19.0. The van der Waals surface area contributed by atoms with Crippen molar-refractivity contribution in [1.82, 2.24) is 25.9 Å². The van der Waals surface area contributed by atoms with Crippen LogP contribution in [0.25, 0.3) is 10.9 Å². The maximum atomic E-state index is 10.2. The Morgan fingerprint density at radius 1 is 1.17 bits per heavy atom. The van der Waals surface area contributed by atoms with E-state index < -0.39 is 0 Å². The van der Waals surface area contributed by atoms with Gasteiger partial charge in [0.05, 0.1) is 58.8 Å². The second-order valence-corrected chi connectivity index (χ2v) is 14.3. The number of aromatic nitrogens is 1. The summed E-state index contributed by atoms with van der Waals surface area (Å²) >= 11 is 8.83. The molecule has 2 aromatic carbocycles. The van der Waals surface area contributed by atoms with Gasteiger partial charge < -0.3 is 20.8 Å². The highest BCUT2D eigenvalue weighted by Gasteiger charge is 2.35. The van der Waals surface area contributed by atoms with Crippen molar-refractivity contribution in [2.45, 2.75) is 62.8 Å². The number of anilines is 2. The van der Waals surface area contributed by atoms with Crippen molar-refractivity contribution in [3.8, 4) is 18.4 Å². The molecule has 244 valence electrons. The summed E-state index contributed by atoms with van der Waals surface area (Å²) in [7, 11) is 0. The number of nitrogens with zero attached hydrogens (tertiary/aromatic N) is 4. The van der Waals surface area contributed by atoms with Gasteiger partial charge in [-0.2, -0.15) is 5.26 Å². The molecule has 0 unspecified atom stereocenters. The minimum absolute atomic E-state index is 0.0983. The number of ether oxygens (including phenoxy) is 1. The molecule has 4 aliphatic rings. The number of hydrogen-bond acceptors (Lipinski definition) is 10. The maximum absolute atomic E-state index is 10.2. The third kappa shape index (κ3) is 6.07. The third-order valence-electron chi connectivity index (χ3n) is 9.77. The standard InChI is InChI=1S/C37H37ClN8OS/c1-2-3-9-32(23-7-5-4-6-8-23)42-35-24(16-39)17-40-36-29(35)14-25(15-31(36)38)41-37(33-18-46(44-43-33)26-10-11-26)30-22-48-34-19-45(13-12-28(30)34)27-20-47-21-27/h1,4-8,14-15,17-18,22,26-27,32,37,41,43-44H,3,9-13,19-21H2,(H,40,42)/t32-,37-/m0/s1. The fourth-order valence-corrected chi connectivity index (χ4v) is 8.30. The molecule has 1 saturated heterocycles. The molecule has 0 bridgehead atoms. The summed E-state index contributed by atoms with van der Waals surface area (Å²) in [5.41, 5.74) is 14.3. The number of benzene rings is 2. The third-order valence-corrected chi connectivity index (χ3v) is 11.1. The SMILES string of the molecule is C#CCC[C@H](Nc1c(C#N)cnc2c(Cl)cc(N[C@H](C3=CN(C4CC4)NN3)c3csc4c3CCN(C3COC3)C4)cc12)c1ccccc1. The average molecular weight is 677 g/mol. The summed E-state index contributed by atoms with van der Waals surface area (Å²) in [5, 5.41) is 23.5. The topological polar surface area (TPSA) is 101 Å². The van der Waals surface area contributed by atoms with E-state index in [1.165, 1.54) is 28.8 Å². The number of fused-ring (bicyclic) bond motifs is 2. The van der Waals surface area contributed by atoms with Crippen molar-refractivity contribution in [2.24, 2.45) is 0 Å². The molecule has 4 aromatic rings. The molecule has 8 rings (SSSR count). The van der Waals surface area contributed by atoms with Gasteiger partial charge >= 0.3 is 0 Å². The van der Waals surface area contributed by atoms with Gasteiger partial charge in [0.1, 0.15) is 6.07 Å². The number of hydrogen-bond donors (Lipinski definition) is 4. The van der Waals surface area contributed by atoms with Crippen LogP contribution in [0.15, 0.2) is 65.9 Å². The predicted octanol–water partition coefficient (Wildman–Crippen LogP) is 6.63. The van der Waals surface area contributed by atoms with E-state index in [1.807, 2.05) is 35.6 Å². The van der Waals surface area contributed by atoms with Crippen molar-refractivity contribution in [2.75, 3.05) is 30.4 Å². The van der Waals surface area contributed by atoms with Crippen LogP contribution in [-0.2, 0) is 17.7 Å². The Morgan fingerprint density at radius 2 is 2.02 bits per heavy atom. The molecule has 9 nitrogen and oxygen atoms in total. The number of rotatable bonds is 11. The molecular formula is C37H37ClN8OS. The molecule has 2 fully saturated rings. The molecule has 3 aliphatic heterocycles. The Bertz CT molecular complexity index is 1940. The van der Waals surface area contributed by atoms with Crippen LogP contribution in [0.5, 0.6) is 0 Å². The molecule has 1 saturated carbocycles. The van der Waals surface area contributed by atoms with E-state index in [9.17, 15) is 5.26 Å². The lowest BCUT2D eigenvalue weighted by Crippen LogP contribution is -2.50. The van der Waals surface area contributed by atoms with E-state index in [4.69, 9.17) is 22.8 Å². The fourth-order valence-electron chi connectivity index (χ4n) is 6.88. The lowest BCUT2D eigenvalue weighted by atomic mass is 9.95. The van der Waals surface area contributed by atoms with E-state index >= 15 is 0 Å². The monoisotopic (exact) mass is 676 g/mol. The minimum atomic E-state index is -0.149. The number of halogens is 1. The second kappa shape index (κ2) is 13.3. The summed E-state index contributed by atoms with van der Waals surface area (Å²) in [5.74, 6) is 2.77. The minimum Gasteiger partial charge on any atom is -0.378 e. The molecule has 2 aromatic heterocycles. The first-order chi connectivity index (χ1) is 23.6. The summed E-state index contributed by atoms with van der Waals surface area (Å²) in [6.45, 7) is 3.64. The molecule has 4 N–H and O–H groups in total. The van der Waals surface area contributed by atoms with Crippen LogP contribution in [0.4, 0.5) is 11.4 Å². The van der Waals surface area contributed by atoms with Gasteiger partial charge in [0.25, 0.3) is 0 Å². The Balaban J connectivity index is 1.17. The molecular weight excluding hydrogens is 640 g/mol. The average Bonchev–Trinajstić information content (AvgIpc) is 3.67. The summed E-state index contributed by atoms with van der Waals surface area (Å²) < 4.78 is 5.49. The molecule has 2 atom stereocenters. The first-order valence-corrected chi connectivity index (χ1v) is 17.8. The van der Waals surface area contributed by atoms with Gasteiger partial charge in [0.2, 0.25) is 0 Å². The van der Waals surface area contributed by atoms with Crippen LogP contribution in [-0.4, -0.2) is 46.7 Å². The smallest absolute Gasteiger partial charge is 0.103 e. The number of pyridine rings is 1. The zero-order valence-corrected chi connectivity index (χ0v) is 28.1. The molecule has 48 heavy (non-hydrogen) atoms. The lowest BCUT2D eigenvalue weighted by Gasteiger charge is -2.39. The Labute approximate surface area is 289 Å². The van der Waals surface area contributed by atoms with Gasteiger partial charge in [0.15, 0.2) is 0 Å². The largest absolute Gasteiger partial charge is 0.378 e. The van der Waals surface area contributed by atoms with Crippen LogP contribution < -0.4 is 21.6 Å². The van der Waals surface area contributed by atoms with Crippen molar-refractivity contribution in [3.05, 3.63) is 98.1 Å². The highest BCUT2D eigenvalue weighted by molar-refractivity contribution is 7.10. The number of nitriles is 1. The molecule has 0 spiro atoms. The van der Waals surface area contributed by atoms with Crippen LogP contribution >= 0.6 is 22.9 Å². The van der Waals surface area contributed by atoms with E-state index in [0.717, 1.165) is 55.1 Å². The van der Waals surface area contributed by atoms with Gasteiger partial charge in [-0.05, 0) is 59.9 Å². The quantitative estimate of drug-likeness (QED) is 0.131. The molecule has 11 heteroatoms. The lowest BCUT2D eigenvalue weighted by molar-refractivity contribution is -0.0691. The maximum Gasteiger partial charge on any atom is 0.103 e. The van der Waals surface area contributed by atoms with Crippen molar-refractivity contribution in [3.63, 3.8) is 0 Å². The number of thiophene rings is 1. The molecule has 1 aliphatic carbocycles. The fraction of sp³-hybridized carbons (Fsp3) is 0.351. The summed E-state index contributed by atoms with van der Waals surface area (Å²) in [6.07, 6.45) is 14.1. The van der Waals surface area contributed by atoms with Crippen LogP contribution in [0, 0.1) is 23.7 Å². The van der Waals surface area contributed by atoms with Gasteiger partial charge in [-0.3, -0.25) is 14.9 Å². The summed E-state index contributed by atoms with van der Waals surface area (Å²) in [6, 6.07) is 17.3. The number of nitrogens with one attached hydrogen (secondary N) is 4. The van der Waals surface area contributed by atoms with E-state index in [2.05, 4.69) is 78.3 Å². The predicted molar refractivity (Wildman–Crippen MR) is 191 cm³/mol. The van der Waals surface area contributed by atoms with Gasteiger partial charge in [0, 0.05) is 53.9 Å². The molecule has 0 radical (unpaired) electrons. The zero-order chi connectivity index (χ0) is 32.6. The van der Waals surface area contributed by atoms with Crippen molar-refractivity contribution < 1.29 is 4.74 Å². The molecule has 0 amide bonds. The van der Waals surface area contributed by atoms with E-state index in [1.54, 1.807) is 6.20 Å². The Morgan fingerprint density at radius 3 is 2.77 bits per heavy atom. The first-order valence-electron chi connectivity index (χ1n) is 16.6. The van der Waals surface area contributed by atoms with E-state index in [0.29, 0.717) is 46.7 Å². The Kier molecular flexibility index (Phi) is 8.60. The zero-order valence-electron chi connectivity index (χ0n) is 26.5. The van der Waals surface area contributed by atoms with E-state index in [-0.39, 0.29) is 12.1 Å². The van der Waals surface area contributed by atoms with Gasteiger partial charge in [-0.25, -0.2) is 0 Å². The van der Waals surface area contributed by atoms with Crippen LogP contribution in [0.1, 0.15) is 64.9 Å². The second-order valence-electron chi connectivity index (χ2n) is 12.9. The molecule has 5 heterocycles. The number of hydrazine groups is 2. The highest BCUT2D eigenvalue weighted by Crippen LogP contribution is 2.41. The van der Waals surface area contributed by atoms with Crippen LogP contribution in [0.2, 0.25) is 5.02 Å². The summed E-state index contributed by atoms with van der Waals surface area (Å²) in [4.78, 5) is 8.60. The van der Waals surface area contributed by atoms with Crippen LogP contribution in [0.3, 0.4) is 0 Å². The number of terminal acetylenes is 1. The van der Waals surface area contributed by atoms with Gasteiger partial charge in [-0.15, -0.1) is 29.2 Å².